The van der Waals surface area contributed by atoms with Gasteiger partial charge in [-0.15, -0.1) is 0 Å². The number of para-hydroxylation sites is 1. The van der Waals surface area contributed by atoms with Crippen molar-refractivity contribution in [2.24, 2.45) is 0 Å². The van der Waals surface area contributed by atoms with Gasteiger partial charge in [-0.05, 0) is 25.1 Å². The first kappa shape index (κ1) is 13.0. The number of benzene rings is 2. The van der Waals surface area contributed by atoms with Crippen molar-refractivity contribution in [3.05, 3.63) is 64.5 Å². The van der Waals surface area contributed by atoms with Gasteiger partial charge in [0.05, 0.1) is 10.4 Å². The van der Waals surface area contributed by atoms with Gasteiger partial charge in [0.15, 0.2) is 0 Å². The molecule has 0 bridgehead atoms. The minimum absolute atomic E-state index is 0.0371. The molecule has 21 heavy (non-hydrogen) atoms. The van der Waals surface area contributed by atoms with Crippen LogP contribution in [0.4, 0.5) is 17.2 Å². The van der Waals surface area contributed by atoms with Crippen molar-refractivity contribution in [2.45, 2.75) is 6.92 Å². The molecule has 0 saturated heterocycles. The van der Waals surface area contributed by atoms with Crippen molar-refractivity contribution in [2.75, 3.05) is 5.32 Å². The molecule has 0 radical (unpaired) electrons. The quantitative estimate of drug-likeness (QED) is 0.585. The number of nitrogens with one attached hydrogen (secondary N) is 1. The van der Waals surface area contributed by atoms with Gasteiger partial charge in [-0.3, -0.25) is 10.1 Å². The zero-order valence-corrected chi connectivity index (χ0v) is 11.3. The molecule has 0 fully saturated rings. The number of anilines is 2. The lowest BCUT2D eigenvalue weighted by atomic mass is 10.2. The first-order chi connectivity index (χ1) is 10.1. The lowest BCUT2D eigenvalue weighted by molar-refractivity contribution is -0.384. The lowest BCUT2D eigenvalue weighted by Crippen LogP contribution is -1.99. The molecule has 0 atom stereocenters. The molecule has 104 valence electrons. The third kappa shape index (κ3) is 2.64. The lowest BCUT2D eigenvalue weighted by Gasteiger charge is -2.09. The Morgan fingerprint density at radius 2 is 1.90 bits per heavy atom. The molecule has 0 amide bonds. The second-order valence-corrected chi connectivity index (χ2v) is 4.57. The van der Waals surface area contributed by atoms with Crippen LogP contribution >= 0.6 is 0 Å². The van der Waals surface area contributed by atoms with Crippen LogP contribution in [-0.2, 0) is 0 Å². The van der Waals surface area contributed by atoms with Crippen LogP contribution in [-0.4, -0.2) is 14.9 Å². The Labute approximate surface area is 120 Å². The Morgan fingerprint density at radius 1 is 1.10 bits per heavy atom. The summed E-state index contributed by atoms with van der Waals surface area (Å²) in [4.78, 5) is 19.1. The molecule has 0 aliphatic carbocycles. The van der Waals surface area contributed by atoms with Crippen LogP contribution in [0.5, 0.6) is 0 Å². The third-order valence-corrected chi connectivity index (χ3v) is 3.03. The Balaban J connectivity index is 2.05. The molecule has 1 N–H and O–H groups in total. The standard InChI is InChI=1S/C15H12N4O2/c1-10-16-14-8-3-2-7-13(14)15(17-10)18-11-5-4-6-12(9-11)19(20)21/h2-9H,1H3,(H,16,17,18). The average Bonchev–Trinajstić information content (AvgIpc) is 2.47. The molecule has 1 heterocycles. The van der Waals surface area contributed by atoms with Gasteiger partial charge in [0.2, 0.25) is 0 Å². The van der Waals surface area contributed by atoms with Crippen molar-refractivity contribution in [1.82, 2.24) is 9.97 Å². The molecule has 3 aromatic rings. The van der Waals surface area contributed by atoms with Crippen molar-refractivity contribution >= 4 is 28.1 Å². The Morgan fingerprint density at radius 3 is 2.71 bits per heavy atom. The number of nitro benzene ring substituents is 1. The van der Waals surface area contributed by atoms with Gasteiger partial charge in [-0.2, -0.15) is 0 Å². The highest BCUT2D eigenvalue weighted by Gasteiger charge is 2.09. The predicted octanol–water partition coefficient (Wildman–Crippen LogP) is 3.59. The molecule has 0 aliphatic heterocycles. The molecule has 6 heteroatoms. The van der Waals surface area contributed by atoms with E-state index in [0.717, 1.165) is 10.9 Å². The van der Waals surface area contributed by atoms with Crippen LogP contribution < -0.4 is 5.32 Å². The van der Waals surface area contributed by atoms with Gasteiger partial charge in [0, 0.05) is 23.2 Å². The van der Waals surface area contributed by atoms with Gasteiger partial charge in [-0.1, -0.05) is 18.2 Å². The van der Waals surface area contributed by atoms with Crippen LogP contribution in [0.1, 0.15) is 5.82 Å². The molecule has 0 aliphatic rings. The molecule has 1 aromatic heterocycles. The fourth-order valence-corrected chi connectivity index (χ4v) is 2.12. The van der Waals surface area contributed by atoms with Gasteiger partial charge in [0.1, 0.15) is 11.6 Å². The Kier molecular flexibility index (Phi) is 3.19. The maximum atomic E-state index is 10.8. The second kappa shape index (κ2) is 5.16. The van der Waals surface area contributed by atoms with Crippen molar-refractivity contribution in [3.8, 4) is 0 Å². The monoisotopic (exact) mass is 280 g/mol. The van der Waals surface area contributed by atoms with Crippen molar-refractivity contribution in [3.63, 3.8) is 0 Å². The van der Waals surface area contributed by atoms with Crippen LogP contribution in [0.2, 0.25) is 0 Å². The number of fused-ring (bicyclic) bond motifs is 1. The molecular formula is C15H12N4O2. The summed E-state index contributed by atoms with van der Waals surface area (Å²) in [6.07, 6.45) is 0. The maximum absolute atomic E-state index is 10.8. The van der Waals surface area contributed by atoms with Gasteiger partial charge in [-0.25, -0.2) is 9.97 Å². The van der Waals surface area contributed by atoms with E-state index < -0.39 is 4.92 Å². The Hall–Kier alpha value is -3.02. The topological polar surface area (TPSA) is 81.0 Å². The number of aryl methyl sites for hydroxylation is 1. The summed E-state index contributed by atoms with van der Waals surface area (Å²) in [6.45, 7) is 1.81. The Bertz CT molecular complexity index is 833. The molecule has 0 saturated carbocycles. The summed E-state index contributed by atoms with van der Waals surface area (Å²) >= 11 is 0. The summed E-state index contributed by atoms with van der Waals surface area (Å²) in [5.41, 5.74) is 1.49. The number of aromatic nitrogens is 2. The number of nitro groups is 1. The minimum atomic E-state index is -0.422. The molecule has 0 spiro atoms. The van der Waals surface area contributed by atoms with E-state index in [2.05, 4.69) is 15.3 Å². The average molecular weight is 280 g/mol. The van der Waals surface area contributed by atoms with E-state index in [0.29, 0.717) is 17.3 Å². The normalized spacial score (nSPS) is 10.5. The van der Waals surface area contributed by atoms with E-state index in [1.807, 2.05) is 31.2 Å². The summed E-state index contributed by atoms with van der Waals surface area (Å²) < 4.78 is 0. The summed E-state index contributed by atoms with van der Waals surface area (Å²) in [5, 5.41) is 14.8. The number of non-ortho nitro benzene ring substituents is 1. The molecular weight excluding hydrogens is 268 g/mol. The number of nitrogens with zero attached hydrogens (tertiary/aromatic N) is 3. The minimum Gasteiger partial charge on any atom is -0.339 e. The molecule has 3 rings (SSSR count). The highest BCUT2D eigenvalue weighted by atomic mass is 16.6. The number of hydrogen-bond donors (Lipinski definition) is 1. The third-order valence-electron chi connectivity index (χ3n) is 3.03. The first-order valence-corrected chi connectivity index (χ1v) is 6.38. The maximum Gasteiger partial charge on any atom is 0.271 e. The van der Waals surface area contributed by atoms with Crippen LogP contribution in [0.15, 0.2) is 48.5 Å². The van der Waals surface area contributed by atoms with E-state index in [1.54, 1.807) is 12.1 Å². The number of hydrogen-bond acceptors (Lipinski definition) is 5. The van der Waals surface area contributed by atoms with E-state index in [1.165, 1.54) is 12.1 Å². The van der Waals surface area contributed by atoms with Crippen LogP contribution in [0.25, 0.3) is 10.9 Å². The highest BCUT2D eigenvalue weighted by molar-refractivity contribution is 5.90. The fourth-order valence-electron chi connectivity index (χ4n) is 2.12. The molecule has 0 unspecified atom stereocenters. The second-order valence-electron chi connectivity index (χ2n) is 4.57. The first-order valence-electron chi connectivity index (χ1n) is 6.38. The van der Waals surface area contributed by atoms with E-state index in [-0.39, 0.29) is 5.69 Å². The van der Waals surface area contributed by atoms with Gasteiger partial charge in [0.25, 0.3) is 5.69 Å². The highest BCUT2D eigenvalue weighted by Crippen LogP contribution is 2.25. The zero-order valence-electron chi connectivity index (χ0n) is 11.3. The van der Waals surface area contributed by atoms with E-state index >= 15 is 0 Å². The van der Waals surface area contributed by atoms with E-state index in [9.17, 15) is 10.1 Å². The van der Waals surface area contributed by atoms with Crippen molar-refractivity contribution in [1.29, 1.82) is 0 Å². The summed E-state index contributed by atoms with van der Waals surface area (Å²) in [5.74, 6) is 1.28. The van der Waals surface area contributed by atoms with Crippen LogP contribution in [0, 0.1) is 17.0 Å². The SMILES string of the molecule is Cc1nc(Nc2cccc([N+](=O)[O-])c2)c2ccccc2n1. The summed E-state index contributed by atoms with van der Waals surface area (Å²) in [6, 6.07) is 14.0. The van der Waals surface area contributed by atoms with Gasteiger partial charge < -0.3 is 5.32 Å². The van der Waals surface area contributed by atoms with Crippen molar-refractivity contribution < 1.29 is 4.92 Å². The smallest absolute Gasteiger partial charge is 0.271 e. The van der Waals surface area contributed by atoms with E-state index in [4.69, 9.17) is 0 Å². The largest absolute Gasteiger partial charge is 0.339 e. The molecule has 2 aromatic carbocycles. The fraction of sp³-hybridized carbons (Fsp3) is 0.0667. The molecule has 6 nitrogen and oxygen atoms in total. The number of rotatable bonds is 3. The zero-order chi connectivity index (χ0) is 14.8. The summed E-state index contributed by atoms with van der Waals surface area (Å²) in [7, 11) is 0. The van der Waals surface area contributed by atoms with Gasteiger partial charge >= 0.3 is 0 Å². The predicted molar refractivity (Wildman–Crippen MR) is 80.7 cm³/mol. The van der Waals surface area contributed by atoms with Crippen LogP contribution in [0.3, 0.4) is 0 Å².